The van der Waals surface area contributed by atoms with Crippen molar-refractivity contribution in [2.75, 3.05) is 13.4 Å². The van der Waals surface area contributed by atoms with Crippen molar-refractivity contribution < 1.29 is 32.9 Å². The first-order chi connectivity index (χ1) is 15.6. The molecule has 1 heterocycles. The smallest absolute Gasteiger partial charge is 0.342 e. The summed E-state index contributed by atoms with van der Waals surface area (Å²) in [5.41, 5.74) is 1.77. The lowest BCUT2D eigenvalue weighted by atomic mass is 10.2. The molecule has 3 aromatic rings. The van der Waals surface area contributed by atoms with Crippen molar-refractivity contribution in [2.24, 2.45) is 0 Å². The van der Waals surface area contributed by atoms with E-state index in [9.17, 15) is 14.0 Å². The molecular weight excluding hydrogens is 417 g/mol. The highest BCUT2D eigenvalue weighted by Gasteiger charge is 2.16. The number of nitrogens with one attached hydrogen (secondary N) is 1. The van der Waals surface area contributed by atoms with Gasteiger partial charge in [-0.05, 0) is 47.5 Å². The SMILES string of the molecule is O=C(COC(=O)c1ccccc1OCc1ccc(F)cc1)NCc1ccc2c(c1)OCO2. The molecule has 32 heavy (non-hydrogen) atoms. The molecule has 0 aliphatic carbocycles. The fourth-order valence-electron chi connectivity index (χ4n) is 3.01. The minimum atomic E-state index is -0.682. The van der Waals surface area contributed by atoms with Gasteiger partial charge in [0.15, 0.2) is 18.1 Å². The molecule has 7 nitrogen and oxygen atoms in total. The summed E-state index contributed by atoms with van der Waals surface area (Å²) in [6.07, 6.45) is 0. The zero-order chi connectivity index (χ0) is 22.3. The molecule has 0 bridgehead atoms. The van der Waals surface area contributed by atoms with E-state index in [0.29, 0.717) is 17.2 Å². The molecule has 1 aliphatic rings. The molecule has 1 aliphatic heterocycles. The first-order valence-electron chi connectivity index (χ1n) is 9.87. The lowest BCUT2D eigenvalue weighted by Crippen LogP contribution is -2.28. The van der Waals surface area contributed by atoms with E-state index in [1.807, 2.05) is 6.07 Å². The minimum absolute atomic E-state index is 0.153. The largest absolute Gasteiger partial charge is 0.488 e. The summed E-state index contributed by atoms with van der Waals surface area (Å²) in [7, 11) is 0. The van der Waals surface area contributed by atoms with E-state index in [1.165, 1.54) is 12.1 Å². The van der Waals surface area contributed by atoms with Gasteiger partial charge in [-0.2, -0.15) is 0 Å². The Balaban J connectivity index is 1.28. The number of halogens is 1. The molecule has 0 radical (unpaired) electrons. The van der Waals surface area contributed by atoms with Crippen LogP contribution in [0.4, 0.5) is 4.39 Å². The average molecular weight is 437 g/mol. The molecule has 0 aromatic heterocycles. The Morgan fingerprint density at radius 2 is 1.69 bits per heavy atom. The number of para-hydroxylation sites is 1. The van der Waals surface area contributed by atoms with E-state index in [1.54, 1.807) is 48.5 Å². The number of benzene rings is 3. The second-order valence-corrected chi connectivity index (χ2v) is 6.95. The quantitative estimate of drug-likeness (QED) is 0.542. The van der Waals surface area contributed by atoms with Gasteiger partial charge in [0.05, 0.1) is 0 Å². The number of carbonyl (C=O) groups is 2. The summed E-state index contributed by atoms with van der Waals surface area (Å²) in [5, 5.41) is 2.69. The maximum atomic E-state index is 13.0. The van der Waals surface area contributed by atoms with E-state index in [4.69, 9.17) is 18.9 Å². The van der Waals surface area contributed by atoms with Crippen LogP contribution in [0.15, 0.2) is 66.7 Å². The third kappa shape index (κ3) is 5.34. The monoisotopic (exact) mass is 437 g/mol. The van der Waals surface area contributed by atoms with Gasteiger partial charge in [0, 0.05) is 6.54 Å². The average Bonchev–Trinajstić information content (AvgIpc) is 3.29. The van der Waals surface area contributed by atoms with Crippen molar-refractivity contribution in [3.63, 3.8) is 0 Å². The normalized spacial score (nSPS) is 11.7. The number of hydrogen-bond acceptors (Lipinski definition) is 6. The van der Waals surface area contributed by atoms with Crippen LogP contribution in [-0.4, -0.2) is 25.3 Å². The second kappa shape index (κ2) is 9.82. The molecule has 164 valence electrons. The molecule has 0 saturated carbocycles. The molecule has 0 atom stereocenters. The van der Waals surface area contributed by atoms with Gasteiger partial charge in [-0.15, -0.1) is 0 Å². The second-order valence-electron chi connectivity index (χ2n) is 6.95. The fourth-order valence-corrected chi connectivity index (χ4v) is 3.01. The highest BCUT2D eigenvalue weighted by molar-refractivity contribution is 5.94. The van der Waals surface area contributed by atoms with Crippen molar-refractivity contribution in [3.05, 3.63) is 89.2 Å². The van der Waals surface area contributed by atoms with Crippen molar-refractivity contribution in [3.8, 4) is 17.2 Å². The van der Waals surface area contributed by atoms with Crippen molar-refractivity contribution in [1.29, 1.82) is 0 Å². The fraction of sp³-hybridized carbons (Fsp3) is 0.167. The number of rotatable bonds is 8. The van der Waals surface area contributed by atoms with Gasteiger partial charge in [0.1, 0.15) is 23.7 Å². The first-order valence-corrected chi connectivity index (χ1v) is 9.87. The Hall–Kier alpha value is -4.07. The highest BCUT2D eigenvalue weighted by atomic mass is 19.1. The lowest BCUT2D eigenvalue weighted by molar-refractivity contribution is -0.124. The number of carbonyl (C=O) groups excluding carboxylic acids is 2. The van der Waals surface area contributed by atoms with Crippen molar-refractivity contribution in [1.82, 2.24) is 5.32 Å². The Morgan fingerprint density at radius 1 is 0.938 bits per heavy atom. The summed E-state index contributed by atoms with van der Waals surface area (Å²) in [6.45, 7) is 0.150. The summed E-state index contributed by atoms with van der Waals surface area (Å²) < 4.78 is 34.4. The van der Waals surface area contributed by atoms with E-state index in [-0.39, 0.29) is 31.3 Å². The van der Waals surface area contributed by atoms with Gasteiger partial charge in [-0.25, -0.2) is 9.18 Å². The van der Waals surface area contributed by atoms with E-state index < -0.39 is 18.5 Å². The summed E-state index contributed by atoms with van der Waals surface area (Å²) in [6, 6.07) is 17.8. The maximum Gasteiger partial charge on any atom is 0.342 e. The van der Waals surface area contributed by atoms with Crippen LogP contribution in [0.1, 0.15) is 21.5 Å². The molecule has 0 fully saturated rings. The predicted molar refractivity (Wildman–Crippen MR) is 112 cm³/mol. The molecule has 1 N–H and O–H groups in total. The van der Waals surface area contributed by atoms with Crippen LogP contribution >= 0.6 is 0 Å². The number of hydrogen-bond donors (Lipinski definition) is 1. The van der Waals surface area contributed by atoms with Crippen LogP contribution in [0.2, 0.25) is 0 Å². The Morgan fingerprint density at radius 3 is 2.53 bits per heavy atom. The van der Waals surface area contributed by atoms with Crippen LogP contribution in [0.3, 0.4) is 0 Å². The zero-order valence-electron chi connectivity index (χ0n) is 17.0. The van der Waals surface area contributed by atoms with Crippen molar-refractivity contribution >= 4 is 11.9 Å². The van der Waals surface area contributed by atoms with Crippen LogP contribution < -0.4 is 19.5 Å². The molecular formula is C24H20FNO6. The summed E-state index contributed by atoms with van der Waals surface area (Å²) in [4.78, 5) is 24.6. The summed E-state index contributed by atoms with van der Waals surface area (Å²) in [5.74, 6) is 0.130. The number of fused-ring (bicyclic) bond motifs is 1. The molecule has 0 spiro atoms. The third-order valence-corrected chi connectivity index (χ3v) is 4.68. The van der Waals surface area contributed by atoms with Gasteiger partial charge < -0.3 is 24.3 Å². The van der Waals surface area contributed by atoms with Crippen molar-refractivity contribution in [2.45, 2.75) is 13.2 Å². The number of amides is 1. The Kier molecular flexibility index (Phi) is 6.50. The van der Waals surface area contributed by atoms with Gasteiger partial charge in [-0.3, -0.25) is 4.79 Å². The maximum absolute atomic E-state index is 13.0. The predicted octanol–water partition coefficient (Wildman–Crippen LogP) is 3.61. The van der Waals surface area contributed by atoms with E-state index in [2.05, 4.69) is 5.32 Å². The van der Waals surface area contributed by atoms with Gasteiger partial charge >= 0.3 is 5.97 Å². The van der Waals surface area contributed by atoms with Crippen LogP contribution in [0, 0.1) is 5.82 Å². The molecule has 3 aromatic carbocycles. The van der Waals surface area contributed by atoms with E-state index >= 15 is 0 Å². The minimum Gasteiger partial charge on any atom is -0.488 e. The molecule has 0 saturated heterocycles. The van der Waals surface area contributed by atoms with Gasteiger partial charge in [0.2, 0.25) is 6.79 Å². The van der Waals surface area contributed by atoms with Crippen LogP contribution in [0.5, 0.6) is 17.2 Å². The van der Waals surface area contributed by atoms with Gasteiger partial charge in [-0.1, -0.05) is 30.3 Å². The third-order valence-electron chi connectivity index (χ3n) is 4.68. The Bertz CT molecular complexity index is 1120. The number of ether oxygens (including phenoxy) is 4. The van der Waals surface area contributed by atoms with Crippen LogP contribution in [0.25, 0.3) is 0 Å². The molecule has 8 heteroatoms. The Labute approximate surface area is 183 Å². The van der Waals surface area contributed by atoms with Gasteiger partial charge in [0.25, 0.3) is 5.91 Å². The van der Waals surface area contributed by atoms with Crippen LogP contribution in [-0.2, 0) is 22.7 Å². The number of esters is 1. The van der Waals surface area contributed by atoms with E-state index in [0.717, 1.165) is 11.1 Å². The molecule has 1 amide bonds. The standard InChI is InChI=1S/C24H20FNO6/c25-18-8-5-16(6-9-18)13-29-20-4-2-1-3-19(20)24(28)30-14-23(27)26-12-17-7-10-21-22(11-17)32-15-31-21/h1-11H,12-15H2,(H,26,27). The molecule has 0 unspecified atom stereocenters. The summed E-state index contributed by atoms with van der Waals surface area (Å²) >= 11 is 0. The highest BCUT2D eigenvalue weighted by Crippen LogP contribution is 2.32. The first kappa shape index (κ1) is 21.2. The lowest BCUT2D eigenvalue weighted by Gasteiger charge is -2.11. The topological polar surface area (TPSA) is 83.1 Å². The zero-order valence-corrected chi connectivity index (χ0v) is 17.0. The molecule has 4 rings (SSSR count).